The Bertz CT molecular complexity index is 1090. The van der Waals surface area contributed by atoms with E-state index in [1.54, 1.807) is 6.08 Å². The molecule has 0 aliphatic carbocycles. The van der Waals surface area contributed by atoms with Crippen molar-refractivity contribution >= 4 is 5.91 Å². The number of amides is 1. The monoisotopic (exact) mass is 936 g/mol. The van der Waals surface area contributed by atoms with Crippen molar-refractivity contribution in [1.29, 1.82) is 0 Å². The first-order chi connectivity index (χ1) is 32.3. The molecule has 9 heteroatoms. The van der Waals surface area contributed by atoms with Crippen LogP contribution < -0.4 is 5.32 Å². The van der Waals surface area contributed by atoms with E-state index in [0.717, 1.165) is 38.5 Å². The number of ether oxygens (including phenoxy) is 2. The molecule has 390 valence electrons. The minimum absolute atomic E-state index is 0.181. The second-order valence-electron chi connectivity index (χ2n) is 20.1. The summed E-state index contributed by atoms with van der Waals surface area (Å²) in [6.45, 7) is 3.80. The molecule has 1 rings (SSSR count). The summed E-state index contributed by atoms with van der Waals surface area (Å²) in [5.74, 6) is -0.181. The van der Waals surface area contributed by atoms with Gasteiger partial charge in [0.05, 0.1) is 25.4 Å². The van der Waals surface area contributed by atoms with Crippen LogP contribution in [0.25, 0.3) is 0 Å². The molecule has 0 aromatic heterocycles. The van der Waals surface area contributed by atoms with Crippen LogP contribution in [0.15, 0.2) is 24.3 Å². The SMILES string of the molecule is CCCCCCCCCCCCCCCC/C=C/CC/C=C/C(O)C(COC1OC(CO)C(O)C(O)C1O)NC(=O)CCCCCCCCCCCCCCCCCCCCCCCCC. The first-order valence-corrected chi connectivity index (χ1v) is 28.6. The number of carbonyl (C=O) groups is 1. The number of allylic oxidation sites excluding steroid dienone is 3. The first-order valence-electron chi connectivity index (χ1n) is 28.6. The molecule has 0 bridgehead atoms. The van der Waals surface area contributed by atoms with E-state index >= 15 is 0 Å². The lowest BCUT2D eigenvalue weighted by molar-refractivity contribution is -0.302. The van der Waals surface area contributed by atoms with E-state index in [4.69, 9.17) is 9.47 Å². The van der Waals surface area contributed by atoms with Gasteiger partial charge >= 0.3 is 0 Å². The van der Waals surface area contributed by atoms with Crippen molar-refractivity contribution < 1.29 is 39.8 Å². The van der Waals surface area contributed by atoms with E-state index in [9.17, 15) is 30.3 Å². The number of carbonyl (C=O) groups excluding carboxylic acids is 1. The molecule has 1 saturated heterocycles. The van der Waals surface area contributed by atoms with Gasteiger partial charge in [-0.25, -0.2) is 0 Å². The van der Waals surface area contributed by atoms with E-state index < -0.39 is 49.5 Å². The highest BCUT2D eigenvalue weighted by molar-refractivity contribution is 5.76. The van der Waals surface area contributed by atoms with Gasteiger partial charge in [0.2, 0.25) is 5.91 Å². The van der Waals surface area contributed by atoms with Crippen molar-refractivity contribution in [3.63, 3.8) is 0 Å². The molecular weight excluding hydrogens is 827 g/mol. The average molecular weight is 936 g/mol. The van der Waals surface area contributed by atoms with Gasteiger partial charge in [-0.1, -0.05) is 263 Å². The number of unbranched alkanes of at least 4 members (excludes halogenated alkanes) is 37. The molecule has 7 atom stereocenters. The van der Waals surface area contributed by atoms with Crippen LogP contribution in [0.4, 0.5) is 0 Å². The van der Waals surface area contributed by atoms with Gasteiger partial charge in [0.15, 0.2) is 6.29 Å². The second-order valence-corrected chi connectivity index (χ2v) is 20.1. The molecule has 1 amide bonds. The Kier molecular flexibility index (Phi) is 45.0. The third-order valence-corrected chi connectivity index (χ3v) is 13.8. The molecule has 9 nitrogen and oxygen atoms in total. The zero-order chi connectivity index (χ0) is 48.0. The van der Waals surface area contributed by atoms with Crippen LogP contribution in [0, 0.1) is 0 Å². The Morgan fingerprint density at radius 3 is 1.27 bits per heavy atom. The quantitative estimate of drug-likeness (QED) is 0.0261. The number of nitrogens with one attached hydrogen (secondary N) is 1. The molecule has 1 fully saturated rings. The molecule has 66 heavy (non-hydrogen) atoms. The van der Waals surface area contributed by atoms with Gasteiger partial charge in [0.25, 0.3) is 0 Å². The molecule has 6 N–H and O–H groups in total. The molecule has 0 radical (unpaired) electrons. The maximum Gasteiger partial charge on any atom is 0.220 e. The summed E-state index contributed by atoms with van der Waals surface area (Å²) in [4.78, 5) is 13.0. The third-order valence-electron chi connectivity index (χ3n) is 13.8. The zero-order valence-electron chi connectivity index (χ0n) is 43.2. The Balaban J connectivity index is 2.24. The molecule has 0 aromatic rings. The molecule has 1 aliphatic heterocycles. The summed E-state index contributed by atoms with van der Waals surface area (Å²) in [7, 11) is 0. The lowest BCUT2D eigenvalue weighted by atomic mass is 9.99. The van der Waals surface area contributed by atoms with Crippen LogP contribution in [0.2, 0.25) is 0 Å². The van der Waals surface area contributed by atoms with Gasteiger partial charge in [-0.05, 0) is 32.1 Å². The molecule has 0 spiro atoms. The van der Waals surface area contributed by atoms with Crippen molar-refractivity contribution in [2.45, 2.75) is 320 Å². The molecule has 7 unspecified atom stereocenters. The number of rotatable bonds is 49. The van der Waals surface area contributed by atoms with Crippen molar-refractivity contribution in [1.82, 2.24) is 5.32 Å². The maximum atomic E-state index is 13.0. The van der Waals surface area contributed by atoms with Crippen LogP contribution in [-0.2, 0) is 14.3 Å². The number of hydrogen-bond donors (Lipinski definition) is 6. The minimum Gasteiger partial charge on any atom is -0.394 e. The predicted molar refractivity (Wildman–Crippen MR) is 277 cm³/mol. The largest absolute Gasteiger partial charge is 0.394 e. The van der Waals surface area contributed by atoms with Gasteiger partial charge in [-0.3, -0.25) is 4.79 Å². The average Bonchev–Trinajstić information content (AvgIpc) is 3.32. The van der Waals surface area contributed by atoms with Gasteiger partial charge in [0, 0.05) is 6.42 Å². The lowest BCUT2D eigenvalue weighted by Gasteiger charge is -2.40. The highest BCUT2D eigenvalue weighted by Crippen LogP contribution is 2.23. The van der Waals surface area contributed by atoms with Gasteiger partial charge in [-0.2, -0.15) is 0 Å². The van der Waals surface area contributed by atoms with Gasteiger partial charge in [-0.15, -0.1) is 0 Å². The van der Waals surface area contributed by atoms with E-state index in [1.165, 1.54) is 218 Å². The van der Waals surface area contributed by atoms with Crippen LogP contribution in [0.5, 0.6) is 0 Å². The maximum absolute atomic E-state index is 13.0. The molecule has 0 saturated carbocycles. The van der Waals surface area contributed by atoms with Crippen molar-refractivity contribution in [3.8, 4) is 0 Å². The lowest BCUT2D eigenvalue weighted by Crippen LogP contribution is -2.60. The summed E-state index contributed by atoms with van der Waals surface area (Å²) in [6.07, 6.45) is 52.4. The fourth-order valence-electron chi connectivity index (χ4n) is 9.23. The first kappa shape index (κ1) is 62.7. The predicted octanol–water partition coefficient (Wildman–Crippen LogP) is 13.8. The number of aliphatic hydroxyl groups excluding tert-OH is 5. The van der Waals surface area contributed by atoms with Crippen molar-refractivity contribution in [2.75, 3.05) is 13.2 Å². The highest BCUT2D eigenvalue weighted by atomic mass is 16.7. The van der Waals surface area contributed by atoms with E-state index in [2.05, 4.69) is 31.3 Å². The summed E-state index contributed by atoms with van der Waals surface area (Å²) in [5.41, 5.74) is 0. The summed E-state index contributed by atoms with van der Waals surface area (Å²) < 4.78 is 11.3. The topological polar surface area (TPSA) is 149 Å². The van der Waals surface area contributed by atoms with Crippen LogP contribution in [-0.4, -0.2) is 87.5 Å². The van der Waals surface area contributed by atoms with Crippen molar-refractivity contribution in [2.24, 2.45) is 0 Å². The van der Waals surface area contributed by atoms with E-state index in [-0.39, 0.29) is 12.5 Å². The molecular formula is C57H109NO8. The van der Waals surface area contributed by atoms with E-state index in [0.29, 0.717) is 6.42 Å². The summed E-state index contributed by atoms with van der Waals surface area (Å²) in [6, 6.07) is -0.818. The minimum atomic E-state index is -1.57. The number of aliphatic hydroxyl groups is 5. The van der Waals surface area contributed by atoms with Crippen LogP contribution >= 0.6 is 0 Å². The Morgan fingerprint density at radius 2 is 0.864 bits per heavy atom. The van der Waals surface area contributed by atoms with Crippen LogP contribution in [0.3, 0.4) is 0 Å². The standard InChI is InChI=1S/C57H109NO8/c1-3-5-7-9-11-13-15-17-19-21-23-25-26-27-29-31-33-35-37-39-41-43-45-47-53(61)58-50(49-65-57-56(64)55(63)54(62)52(48-59)66-57)51(60)46-44-42-40-38-36-34-32-30-28-24-22-20-18-16-14-12-10-8-6-4-2/h36,38,44,46,50-52,54-57,59-60,62-64H,3-35,37,39-43,45,47-49H2,1-2H3,(H,58,61)/b38-36+,46-44+. The second kappa shape index (κ2) is 47.4. The van der Waals surface area contributed by atoms with Crippen LogP contribution in [0.1, 0.15) is 277 Å². The Morgan fingerprint density at radius 1 is 0.500 bits per heavy atom. The van der Waals surface area contributed by atoms with Crippen molar-refractivity contribution in [3.05, 3.63) is 24.3 Å². The third kappa shape index (κ3) is 36.6. The Labute approximate surface area is 407 Å². The zero-order valence-corrected chi connectivity index (χ0v) is 43.2. The molecule has 0 aromatic carbocycles. The Hall–Kier alpha value is -1.33. The summed E-state index contributed by atoms with van der Waals surface area (Å²) in [5, 5.41) is 54.5. The highest BCUT2D eigenvalue weighted by Gasteiger charge is 2.44. The van der Waals surface area contributed by atoms with E-state index in [1.807, 2.05) is 6.08 Å². The summed E-state index contributed by atoms with van der Waals surface area (Å²) >= 11 is 0. The molecule has 1 aliphatic rings. The normalized spacial score (nSPS) is 19.9. The smallest absolute Gasteiger partial charge is 0.220 e. The molecule has 1 heterocycles. The van der Waals surface area contributed by atoms with Gasteiger partial charge in [0.1, 0.15) is 24.4 Å². The fraction of sp³-hybridized carbons (Fsp3) is 0.912. The van der Waals surface area contributed by atoms with Gasteiger partial charge < -0.3 is 40.3 Å². The fourth-order valence-corrected chi connectivity index (χ4v) is 9.23. The number of hydrogen-bond acceptors (Lipinski definition) is 8.